The van der Waals surface area contributed by atoms with Gasteiger partial charge in [-0.15, -0.1) is 0 Å². The second-order valence-electron chi connectivity index (χ2n) is 5.44. The number of nitrogens with zero attached hydrogens (tertiary/aromatic N) is 2. The van der Waals surface area contributed by atoms with Crippen molar-refractivity contribution < 1.29 is 9.59 Å². The molecule has 1 heterocycles. The molecule has 0 unspecified atom stereocenters. The number of carbonyl (C=O) groups is 2. The number of nitrogens with two attached hydrogens (primary N) is 1. The van der Waals surface area contributed by atoms with Gasteiger partial charge in [-0.2, -0.15) is 0 Å². The molecule has 0 spiro atoms. The van der Waals surface area contributed by atoms with Crippen LogP contribution >= 0.6 is 0 Å². The van der Waals surface area contributed by atoms with Gasteiger partial charge < -0.3 is 16.0 Å². The van der Waals surface area contributed by atoms with Gasteiger partial charge in [-0.3, -0.25) is 15.0 Å². The van der Waals surface area contributed by atoms with Crippen molar-refractivity contribution >= 4 is 11.8 Å². The van der Waals surface area contributed by atoms with E-state index in [4.69, 9.17) is 5.73 Å². The second kappa shape index (κ2) is 7.88. The molecule has 7 heteroatoms. The Hall–Kier alpha value is -1.96. The molecule has 22 heavy (non-hydrogen) atoms. The molecule has 1 aliphatic heterocycles. The zero-order valence-corrected chi connectivity index (χ0v) is 12.8. The van der Waals surface area contributed by atoms with E-state index >= 15 is 0 Å². The summed E-state index contributed by atoms with van der Waals surface area (Å²) in [4.78, 5) is 25.8. The number of rotatable bonds is 4. The van der Waals surface area contributed by atoms with Gasteiger partial charge in [0.1, 0.15) is 0 Å². The molecule has 120 valence electrons. The summed E-state index contributed by atoms with van der Waals surface area (Å²) in [5, 5.41) is 4.39. The van der Waals surface area contributed by atoms with Crippen molar-refractivity contribution in [2.75, 3.05) is 33.2 Å². The van der Waals surface area contributed by atoms with Gasteiger partial charge in [-0.1, -0.05) is 24.3 Å². The molecule has 2 amide bonds. The van der Waals surface area contributed by atoms with Crippen molar-refractivity contribution in [1.82, 2.24) is 20.7 Å². The molecule has 0 atom stereocenters. The van der Waals surface area contributed by atoms with Crippen LogP contribution in [-0.2, 0) is 22.7 Å². The highest BCUT2D eigenvalue weighted by atomic mass is 16.2. The van der Waals surface area contributed by atoms with Gasteiger partial charge in [0, 0.05) is 39.3 Å². The van der Waals surface area contributed by atoms with Crippen molar-refractivity contribution in [3.63, 3.8) is 0 Å². The van der Waals surface area contributed by atoms with E-state index in [1.54, 1.807) is 5.01 Å². The van der Waals surface area contributed by atoms with Crippen molar-refractivity contribution in [2.24, 2.45) is 5.73 Å². The topological polar surface area (TPSA) is 90.7 Å². The molecule has 4 N–H and O–H groups in total. The lowest BCUT2D eigenvalue weighted by molar-refractivity contribution is -0.142. The minimum atomic E-state index is -0.628. The second-order valence-corrected chi connectivity index (χ2v) is 5.44. The lowest BCUT2D eigenvalue weighted by Gasteiger charge is -2.32. The van der Waals surface area contributed by atoms with E-state index in [0.717, 1.165) is 24.2 Å². The van der Waals surface area contributed by atoms with Crippen LogP contribution in [0.25, 0.3) is 0 Å². The fourth-order valence-corrected chi connectivity index (χ4v) is 2.24. The summed E-state index contributed by atoms with van der Waals surface area (Å²) in [6, 6.07) is 7.61. The highest BCUT2D eigenvalue weighted by Crippen LogP contribution is 2.04. The summed E-state index contributed by atoms with van der Waals surface area (Å²) in [5.41, 5.74) is 10.1. The first-order valence-electron chi connectivity index (χ1n) is 7.38. The predicted molar refractivity (Wildman–Crippen MR) is 83.4 cm³/mol. The van der Waals surface area contributed by atoms with Crippen molar-refractivity contribution in [3.05, 3.63) is 35.4 Å². The smallest absolute Gasteiger partial charge is 0.323 e. The van der Waals surface area contributed by atoms with Gasteiger partial charge in [0.25, 0.3) is 0 Å². The molecular weight excluding hydrogens is 282 g/mol. The van der Waals surface area contributed by atoms with E-state index in [0.29, 0.717) is 26.2 Å². The average molecular weight is 305 g/mol. The molecule has 0 aliphatic carbocycles. The zero-order valence-electron chi connectivity index (χ0n) is 12.8. The minimum Gasteiger partial charge on any atom is -0.344 e. The number of piperazine rings is 1. The summed E-state index contributed by atoms with van der Waals surface area (Å²) in [7, 11) is 2.03. The summed E-state index contributed by atoms with van der Waals surface area (Å²) in [6.07, 6.45) is 0. The number of amides is 2. The number of likely N-dealkylation sites (N-methyl/N-ethyl adjacent to an activating group) is 1. The Kier molecular flexibility index (Phi) is 5.88. The molecule has 1 fully saturated rings. The van der Waals surface area contributed by atoms with E-state index < -0.39 is 11.8 Å². The van der Waals surface area contributed by atoms with Crippen LogP contribution in [0.5, 0.6) is 0 Å². The van der Waals surface area contributed by atoms with Crippen LogP contribution in [0.2, 0.25) is 0 Å². The normalized spacial score (nSPS) is 16.3. The lowest BCUT2D eigenvalue weighted by Crippen LogP contribution is -2.55. The van der Waals surface area contributed by atoms with Gasteiger partial charge in [-0.25, -0.2) is 5.01 Å². The van der Waals surface area contributed by atoms with Crippen molar-refractivity contribution in [1.29, 1.82) is 0 Å². The van der Waals surface area contributed by atoms with E-state index in [2.05, 4.69) is 15.6 Å². The summed E-state index contributed by atoms with van der Waals surface area (Å²) >= 11 is 0. The lowest BCUT2D eigenvalue weighted by atomic mass is 10.1. The maximum Gasteiger partial charge on any atom is 0.323 e. The van der Waals surface area contributed by atoms with E-state index in [1.165, 1.54) is 0 Å². The van der Waals surface area contributed by atoms with E-state index in [-0.39, 0.29) is 0 Å². The zero-order chi connectivity index (χ0) is 15.9. The van der Waals surface area contributed by atoms with Crippen LogP contribution in [0.3, 0.4) is 0 Å². The number of hydrogen-bond acceptors (Lipinski definition) is 5. The minimum absolute atomic E-state index is 0.308. The number of nitrogens with one attached hydrogen (secondary N) is 2. The highest BCUT2D eigenvalue weighted by molar-refractivity contribution is 6.34. The fraction of sp³-hybridized carbons (Fsp3) is 0.467. The SMILES string of the molecule is CN1CCN(NC(=O)C(=O)NCc2cccc(CN)c2)CC1. The summed E-state index contributed by atoms with van der Waals surface area (Å²) in [5.74, 6) is -1.25. The Labute approximate surface area is 130 Å². The van der Waals surface area contributed by atoms with Crippen LogP contribution < -0.4 is 16.5 Å². The molecule has 1 saturated heterocycles. The first kappa shape index (κ1) is 16.4. The molecule has 7 nitrogen and oxygen atoms in total. The Balaban J connectivity index is 1.77. The standard InChI is InChI=1S/C15H23N5O2/c1-19-5-7-20(8-6-19)18-15(22)14(21)17-11-13-4-2-3-12(9-13)10-16/h2-4,9H,5-8,10-11,16H2,1H3,(H,17,21)(H,18,22). The summed E-state index contributed by atoms with van der Waals surface area (Å²) < 4.78 is 0. The number of benzene rings is 1. The quantitative estimate of drug-likeness (QED) is 0.623. The van der Waals surface area contributed by atoms with E-state index in [1.807, 2.05) is 31.3 Å². The largest absolute Gasteiger partial charge is 0.344 e. The van der Waals surface area contributed by atoms with Crippen LogP contribution in [-0.4, -0.2) is 54.9 Å². The summed E-state index contributed by atoms with van der Waals surface area (Å²) in [6.45, 7) is 3.93. The Morgan fingerprint density at radius 2 is 1.82 bits per heavy atom. The third-order valence-electron chi connectivity index (χ3n) is 3.65. The molecule has 0 radical (unpaired) electrons. The third kappa shape index (κ3) is 4.80. The fourth-order valence-electron chi connectivity index (χ4n) is 2.24. The first-order valence-corrected chi connectivity index (χ1v) is 7.38. The maximum absolute atomic E-state index is 11.8. The Morgan fingerprint density at radius 1 is 1.14 bits per heavy atom. The average Bonchev–Trinajstić information content (AvgIpc) is 2.54. The molecule has 1 aliphatic rings. The van der Waals surface area contributed by atoms with Gasteiger partial charge in [0.15, 0.2) is 0 Å². The molecule has 2 rings (SSSR count). The molecule has 0 saturated carbocycles. The molecule has 1 aromatic rings. The number of hydrogen-bond donors (Lipinski definition) is 3. The predicted octanol–water partition coefficient (Wildman–Crippen LogP) is -0.960. The van der Waals surface area contributed by atoms with Crippen LogP contribution in [0.15, 0.2) is 24.3 Å². The molecule has 0 aromatic heterocycles. The van der Waals surface area contributed by atoms with Crippen LogP contribution in [0.4, 0.5) is 0 Å². The van der Waals surface area contributed by atoms with Crippen LogP contribution in [0.1, 0.15) is 11.1 Å². The van der Waals surface area contributed by atoms with Gasteiger partial charge in [0.05, 0.1) is 0 Å². The third-order valence-corrected chi connectivity index (χ3v) is 3.65. The van der Waals surface area contributed by atoms with Gasteiger partial charge in [0.2, 0.25) is 0 Å². The van der Waals surface area contributed by atoms with Crippen LogP contribution in [0, 0.1) is 0 Å². The Bertz CT molecular complexity index is 526. The van der Waals surface area contributed by atoms with Gasteiger partial charge >= 0.3 is 11.8 Å². The highest BCUT2D eigenvalue weighted by Gasteiger charge is 2.19. The van der Waals surface area contributed by atoms with Crippen molar-refractivity contribution in [2.45, 2.75) is 13.1 Å². The molecule has 1 aromatic carbocycles. The Morgan fingerprint density at radius 3 is 2.50 bits per heavy atom. The maximum atomic E-state index is 11.8. The monoisotopic (exact) mass is 305 g/mol. The van der Waals surface area contributed by atoms with Crippen molar-refractivity contribution in [3.8, 4) is 0 Å². The van der Waals surface area contributed by atoms with Gasteiger partial charge in [-0.05, 0) is 18.2 Å². The first-order chi connectivity index (χ1) is 10.6. The van der Waals surface area contributed by atoms with E-state index in [9.17, 15) is 9.59 Å². The molecule has 0 bridgehead atoms. The molecular formula is C15H23N5O2. The number of carbonyl (C=O) groups excluding carboxylic acids is 2. The number of hydrazine groups is 1.